The maximum Gasteiger partial charge on any atom is 0.244 e. The summed E-state index contributed by atoms with van der Waals surface area (Å²) in [5.74, 6) is 0.734. The van der Waals surface area contributed by atoms with Crippen molar-refractivity contribution in [2.45, 2.75) is 13.5 Å². The van der Waals surface area contributed by atoms with Crippen LogP contribution in [-0.2, 0) is 11.3 Å². The third kappa shape index (κ3) is 3.37. The number of para-hydroxylation sites is 1. The molecule has 0 saturated heterocycles. The molecule has 0 aliphatic carbocycles. The van der Waals surface area contributed by atoms with Crippen molar-refractivity contribution in [3.05, 3.63) is 59.6 Å². The lowest BCUT2D eigenvalue weighted by Gasteiger charge is -2.00. The van der Waals surface area contributed by atoms with Gasteiger partial charge in [0.25, 0.3) is 0 Å². The number of hydrogen-bond donors (Lipinski definition) is 2. The van der Waals surface area contributed by atoms with Crippen LogP contribution in [-0.4, -0.2) is 15.9 Å². The first kappa shape index (κ1) is 14.8. The fourth-order valence-electron chi connectivity index (χ4n) is 2.23. The van der Waals surface area contributed by atoms with E-state index in [-0.39, 0.29) is 11.9 Å². The van der Waals surface area contributed by atoms with Crippen LogP contribution >= 0.6 is 0 Å². The molecule has 2 aromatic heterocycles. The first-order chi connectivity index (χ1) is 11.1. The van der Waals surface area contributed by atoms with Gasteiger partial charge in [0.2, 0.25) is 11.9 Å². The van der Waals surface area contributed by atoms with Gasteiger partial charge in [-0.25, -0.2) is 9.97 Å². The molecular weight excluding hydrogens is 292 g/mol. The molecule has 0 aliphatic rings. The maximum atomic E-state index is 11.9. The summed E-state index contributed by atoms with van der Waals surface area (Å²) < 4.78 is 5.75. The van der Waals surface area contributed by atoms with Gasteiger partial charge in [0, 0.05) is 35.0 Å². The van der Waals surface area contributed by atoms with E-state index in [2.05, 4.69) is 15.3 Å². The van der Waals surface area contributed by atoms with Gasteiger partial charge in [-0.3, -0.25) is 4.79 Å². The number of amides is 1. The number of furan rings is 1. The summed E-state index contributed by atoms with van der Waals surface area (Å²) >= 11 is 0. The molecule has 1 amide bonds. The van der Waals surface area contributed by atoms with Crippen LogP contribution in [0.5, 0.6) is 0 Å². The van der Waals surface area contributed by atoms with E-state index in [0.29, 0.717) is 12.1 Å². The molecule has 1 aromatic carbocycles. The third-order valence-electron chi connectivity index (χ3n) is 3.48. The fraction of sp³-hybridized carbons (Fsp3) is 0.118. The molecular formula is C17H16N4O2. The zero-order valence-corrected chi connectivity index (χ0v) is 12.6. The Hall–Kier alpha value is -3.15. The molecule has 0 atom stereocenters. The van der Waals surface area contributed by atoms with E-state index in [0.717, 1.165) is 22.3 Å². The van der Waals surface area contributed by atoms with Crippen LogP contribution in [0.4, 0.5) is 5.95 Å². The third-order valence-corrected chi connectivity index (χ3v) is 3.48. The second-order valence-electron chi connectivity index (χ2n) is 5.07. The monoisotopic (exact) mass is 308 g/mol. The molecule has 6 nitrogen and oxygen atoms in total. The Balaban J connectivity index is 1.64. The Morgan fingerprint density at radius 3 is 2.78 bits per heavy atom. The zero-order chi connectivity index (χ0) is 16.2. The summed E-state index contributed by atoms with van der Waals surface area (Å²) in [4.78, 5) is 19.6. The van der Waals surface area contributed by atoms with Gasteiger partial charge in [-0.05, 0) is 19.1 Å². The van der Waals surface area contributed by atoms with Crippen molar-refractivity contribution in [1.29, 1.82) is 0 Å². The Bertz CT molecular complexity index is 866. The van der Waals surface area contributed by atoms with E-state index in [4.69, 9.17) is 10.2 Å². The average Bonchev–Trinajstić information content (AvgIpc) is 2.89. The molecule has 116 valence electrons. The van der Waals surface area contributed by atoms with Crippen LogP contribution in [0, 0.1) is 6.92 Å². The van der Waals surface area contributed by atoms with Crippen LogP contribution in [0.25, 0.3) is 17.0 Å². The quantitative estimate of drug-likeness (QED) is 0.722. The molecule has 3 aromatic rings. The second kappa shape index (κ2) is 6.31. The molecule has 3 N–H and O–H groups in total. The fourth-order valence-corrected chi connectivity index (χ4v) is 2.23. The van der Waals surface area contributed by atoms with Crippen molar-refractivity contribution in [3.63, 3.8) is 0 Å². The highest BCUT2D eigenvalue weighted by Gasteiger charge is 2.10. The van der Waals surface area contributed by atoms with Gasteiger partial charge in [-0.2, -0.15) is 0 Å². The maximum absolute atomic E-state index is 11.9. The van der Waals surface area contributed by atoms with Gasteiger partial charge < -0.3 is 15.5 Å². The van der Waals surface area contributed by atoms with Gasteiger partial charge in [0.05, 0.1) is 6.54 Å². The molecule has 0 saturated carbocycles. The molecule has 0 unspecified atom stereocenters. The van der Waals surface area contributed by atoms with Crippen LogP contribution in [0.15, 0.2) is 47.2 Å². The lowest BCUT2D eigenvalue weighted by atomic mass is 10.1. The zero-order valence-electron chi connectivity index (χ0n) is 12.6. The predicted octanol–water partition coefficient (Wildman–Crippen LogP) is 2.44. The van der Waals surface area contributed by atoms with Crippen molar-refractivity contribution in [1.82, 2.24) is 15.3 Å². The molecule has 23 heavy (non-hydrogen) atoms. The van der Waals surface area contributed by atoms with E-state index < -0.39 is 0 Å². The Kier molecular flexibility index (Phi) is 4.05. The summed E-state index contributed by atoms with van der Waals surface area (Å²) in [5, 5.41) is 3.86. The molecule has 0 spiro atoms. The highest BCUT2D eigenvalue weighted by Crippen LogP contribution is 2.24. The molecule has 0 fully saturated rings. The number of hydrogen-bond acceptors (Lipinski definition) is 5. The number of nitrogens with one attached hydrogen (secondary N) is 1. The van der Waals surface area contributed by atoms with Gasteiger partial charge in [0.15, 0.2) is 0 Å². The lowest BCUT2D eigenvalue weighted by molar-refractivity contribution is -0.116. The van der Waals surface area contributed by atoms with Crippen molar-refractivity contribution < 1.29 is 9.21 Å². The number of carbonyl (C=O) groups is 1. The summed E-state index contributed by atoms with van der Waals surface area (Å²) in [5.41, 5.74) is 7.97. The number of benzene rings is 1. The minimum absolute atomic E-state index is 0.201. The Morgan fingerprint density at radius 1 is 1.30 bits per heavy atom. The highest BCUT2D eigenvalue weighted by molar-refractivity contribution is 5.91. The number of rotatable bonds is 4. The Labute approximate surface area is 133 Å². The summed E-state index contributed by atoms with van der Waals surface area (Å²) in [7, 11) is 0. The molecule has 0 bridgehead atoms. The smallest absolute Gasteiger partial charge is 0.244 e. The minimum Gasteiger partial charge on any atom is -0.459 e. The predicted molar refractivity (Wildman–Crippen MR) is 88.3 cm³/mol. The van der Waals surface area contributed by atoms with Crippen LogP contribution in [0.1, 0.15) is 16.9 Å². The van der Waals surface area contributed by atoms with E-state index in [9.17, 15) is 4.79 Å². The number of nitrogens with two attached hydrogens (primary N) is 1. The normalized spacial score (nSPS) is 11.2. The summed E-state index contributed by atoms with van der Waals surface area (Å²) in [6, 6.07) is 7.80. The van der Waals surface area contributed by atoms with Crippen molar-refractivity contribution in [2.24, 2.45) is 0 Å². The topological polar surface area (TPSA) is 94.0 Å². The van der Waals surface area contributed by atoms with Gasteiger partial charge in [-0.15, -0.1) is 0 Å². The molecule has 0 aliphatic heterocycles. The van der Waals surface area contributed by atoms with E-state index in [1.807, 2.05) is 31.2 Å². The summed E-state index contributed by atoms with van der Waals surface area (Å²) in [6.45, 7) is 2.32. The van der Waals surface area contributed by atoms with Crippen molar-refractivity contribution in [2.75, 3.05) is 5.73 Å². The summed E-state index contributed by atoms with van der Waals surface area (Å²) in [6.07, 6.45) is 6.15. The Morgan fingerprint density at radius 2 is 2.04 bits per heavy atom. The standard InChI is InChI=1S/C17H16N4O2/c1-11-13-4-2-3-5-14(13)23-15(11)10-19-16(22)7-6-12-8-20-17(18)21-9-12/h2-9H,10H2,1H3,(H,19,22)(H2,18,20,21). The van der Waals surface area contributed by atoms with E-state index in [1.165, 1.54) is 6.08 Å². The number of nitrogen functional groups attached to an aromatic ring is 1. The van der Waals surface area contributed by atoms with Crippen LogP contribution in [0.3, 0.4) is 0 Å². The minimum atomic E-state index is -0.221. The van der Waals surface area contributed by atoms with Crippen LogP contribution in [0.2, 0.25) is 0 Å². The van der Waals surface area contributed by atoms with Gasteiger partial charge in [-0.1, -0.05) is 18.2 Å². The molecule has 0 radical (unpaired) electrons. The van der Waals surface area contributed by atoms with E-state index in [1.54, 1.807) is 18.5 Å². The number of anilines is 1. The number of fused-ring (bicyclic) bond motifs is 1. The number of nitrogens with zero attached hydrogens (tertiary/aromatic N) is 2. The van der Waals surface area contributed by atoms with Crippen LogP contribution < -0.4 is 11.1 Å². The lowest BCUT2D eigenvalue weighted by Crippen LogP contribution is -2.20. The SMILES string of the molecule is Cc1c(CNC(=O)C=Cc2cnc(N)nc2)oc2ccccc12. The highest BCUT2D eigenvalue weighted by atomic mass is 16.3. The second-order valence-corrected chi connectivity index (χ2v) is 5.07. The molecule has 6 heteroatoms. The first-order valence-corrected chi connectivity index (χ1v) is 7.14. The number of aromatic nitrogens is 2. The average molecular weight is 308 g/mol. The van der Waals surface area contributed by atoms with Crippen molar-refractivity contribution >= 4 is 28.9 Å². The number of carbonyl (C=O) groups excluding carboxylic acids is 1. The van der Waals surface area contributed by atoms with Gasteiger partial charge in [0.1, 0.15) is 11.3 Å². The molecule has 3 rings (SSSR count). The number of aryl methyl sites for hydroxylation is 1. The molecule has 2 heterocycles. The van der Waals surface area contributed by atoms with Gasteiger partial charge >= 0.3 is 0 Å². The van der Waals surface area contributed by atoms with E-state index >= 15 is 0 Å². The first-order valence-electron chi connectivity index (χ1n) is 7.14. The van der Waals surface area contributed by atoms with Crippen molar-refractivity contribution in [3.8, 4) is 0 Å². The largest absolute Gasteiger partial charge is 0.459 e.